The van der Waals surface area contributed by atoms with Crippen LogP contribution >= 0.6 is 23.2 Å². The van der Waals surface area contributed by atoms with E-state index in [-0.39, 0.29) is 41.7 Å². The fourth-order valence-corrected chi connectivity index (χ4v) is 6.48. The molecule has 2 amide bonds. The highest BCUT2D eigenvalue weighted by atomic mass is 35.5. The van der Waals surface area contributed by atoms with Gasteiger partial charge < -0.3 is 21.1 Å². The second kappa shape index (κ2) is 12.7. The van der Waals surface area contributed by atoms with Gasteiger partial charge in [0, 0.05) is 46.7 Å². The Balaban J connectivity index is 1.38. The molecule has 0 aliphatic carbocycles. The van der Waals surface area contributed by atoms with Gasteiger partial charge in [-0.15, -0.1) is 0 Å². The first-order valence-corrected chi connectivity index (χ1v) is 14.8. The van der Waals surface area contributed by atoms with E-state index in [0.717, 1.165) is 16.7 Å². The van der Waals surface area contributed by atoms with Crippen molar-refractivity contribution in [1.29, 1.82) is 0 Å². The lowest BCUT2D eigenvalue weighted by molar-refractivity contribution is 0.0986. The smallest absolute Gasteiger partial charge is 0.248 e. The summed E-state index contributed by atoms with van der Waals surface area (Å²) >= 11 is 12.8. The second-order valence-electron chi connectivity index (χ2n) is 9.64. The molecule has 0 fully saturated rings. The third-order valence-electron chi connectivity index (χ3n) is 6.77. The molecule has 5 N–H and O–H groups in total. The Morgan fingerprint density at radius 3 is 2.55 bits per heavy atom. The van der Waals surface area contributed by atoms with Crippen LogP contribution in [0.3, 0.4) is 0 Å². The van der Waals surface area contributed by atoms with Gasteiger partial charge >= 0.3 is 0 Å². The van der Waals surface area contributed by atoms with Crippen LogP contribution in [0.2, 0.25) is 10.0 Å². The quantitative estimate of drug-likeness (QED) is 0.286. The maximum atomic E-state index is 13.0. The van der Waals surface area contributed by atoms with E-state index in [9.17, 15) is 18.0 Å². The van der Waals surface area contributed by atoms with Gasteiger partial charge in [-0.25, -0.2) is 13.1 Å². The summed E-state index contributed by atoms with van der Waals surface area (Å²) in [6.07, 6.45) is 0.291. The van der Waals surface area contributed by atoms with Crippen molar-refractivity contribution in [3.8, 4) is 0 Å². The van der Waals surface area contributed by atoms with Gasteiger partial charge in [0.2, 0.25) is 21.8 Å². The molecule has 0 radical (unpaired) electrons. The molecule has 3 aromatic carbocycles. The van der Waals surface area contributed by atoms with Crippen molar-refractivity contribution in [3.05, 3.63) is 98.0 Å². The zero-order valence-corrected chi connectivity index (χ0v) is 24.2. The predicted octanol–water partition coefficient (Wildman–Crippen LogP) is 3.31. The number of carbonyl (C=O) groups is 2. The van der Waals surface area contributed by atoms with Gasteiger partial charge in [-0.2, -0.15) is 0 Å². The first kappa shape index (κ1) is 30.0. The maximum absolute atomic E-state index is 13.0. The van der Waals surface area contributed by atoms with Gasteiger partial charge in [0.05, 0.1) is 18.1 Å². The largest absolute Gasteiger partial charge is 0.380 e. The fraction of sp³-hybridized carbons (Fsp3) is 0.286. The molecule has 0 spiro atoms. The number of benzene rings is 3. The molecule has 212 valence electrons. The number of nitrogens with two attached hydrogens (primary N) is 2. The molecular weight excluding hydrogens is 575 g/mol. The summed E-state index contributed by atoms with van der Waals surface area (Å²) in [6, 6.07) is 14.8. The molecule has 1 unspecified atom stereocenters. The third kappa shape index (κ3) is 7.01. The van der Waals surface area contributed by atoms with Crippen LogP contribution in [0, 0.1) is 0 Å². The van der Waals surface area contributed by atoms with Crippen LogP contribution in [0.5, 0.6) is 0 Å². The Bertz CT molecular complexity index is 1550. The van der Waals surface area contributed by atoms with Crippen molar-refractivity contribution in [2.24, 2.45) is 11.5 Å². The van der Waals surface area contributed by atoms with Gasteiger partial charge in [-0.3, -0.25) is 9.59 Å². The Morgan fingerprint density at radius 2 is 1.82 bits per heavy atom. The molecule has 1 aliphatic rings. The van der Waals surface area contributed by atoms with Gasteiger partial charge in [-0.05, 0) is 78.2 Å². The first-order chi connectivity index (χ1) is 19.0. The average molecular weight is 606 g/mol. The number of fused-ring (bicyclic) bond motifs is 1. The van der Waals surface area contributed by atoms with E-state index >= 15 is 0 Å². The number of nitrogens with one attached hydrogen (secondary N) is 1. The Kier molecular flexibility index (Phi) is 9.50. The van der Waals surface area contributed by atoms with Crippen molar-refractivity contribution in [2.75, 3.05) is 33.4 Å². The van der Waals surface area contributed by atoms with Crippen LogP contribution in [-0.2, 0) is 27.7 Å². The number of nitrogens with zero attached hydrogens (tertiary/aromatic N) is 1. The van der Waals surface area contributed by atoms with Crippen LogP contribution in [0.15, 0.2) is 59.5 Å². The van der Waals surface area contributed by atoms with Crippen molar-refractivity contribution in [2.45, 2.75) is 23.8 Å². The molecular formula is C28H30Cl2N4O5S. The summed E-state index contributed by atoms with van der Waals surface area (Å²) in [5, 5.41) is 1.13. The number of sulfonamides is 1. The summed E-state index contributed by atoms with van der Waals surface area (Å²) in [6.45, 7) is 1.68. The molecule has 9 nitrogen and oxygen atoms in total. The highest BCUT2D eigenvalue weighted by Crippen LogP contribution is 2.38. The standard InChI is InChI=1S/C28H30Cl2N4O5S/c1-34-15-24(23-13-20(29)14-26(30)25(23)16-34)17-3-2-4-21(12-17)40(37,38)33-8-10-39-9-7-18-11-19(27(31)35)5-6-22(18)28(32)36/h2-6,11-14,24,33H,7-10,15-16H2,1H3,(H2,31,35)(H2,32,36). The highest BCUT2D eigenvalue weighted by Gasteiger charge is 2.28. The van der Waals surface area contributed by atoms with Crippen molar-refractivity contribution < 1.29 is 22.7 Å². The summed E-state index contributed by atoms with van der Waals surface area (Å²) in [4.78, 5) is 25.4. The summed E-state index contributed by atoms with van der Waals surface area (Å²) in [5.41, 5.74) is 14.6. The number of primary amides is 2. The summed E-state index contributed by atoms with van der Waals surface area (Å²) in [5.74, 6) is -1.35. The summed E-state index contributed by atoms with van der Waals surface area (Å²) in [7, 11) is -1.82. The predicted molar refractivity (Wildman–Crippen MR) is 154 cm³/mol. The molecule has 0 saturated carbocycles. The monoisotopic (exact) mass is 604 g/mol. The van der Waals surface area contributed by atoms with Crippen molar-refractivity contribution >= 4 is 45.0 Å². The van der Waals surface area contributed by atoms with Crippen LogP contribution in [-0.4, -0.2) is 58.5 Å². The lowest BCUT2D eigenvalue weighted by atomic mass is 9.85. The molecule has 4 rings (SSSR count). The van der Waals surface area contributed by atoms with E-state index in [2.05, 4.69) is 9.62 Å². The molecule has 3 aromatic rings. The van der Waals surface area contributed by atoms with Crippen molar-refractivity contribution in [1.82, 2.24) is 9.62 Å². The normalized spacial score (nSPS) is 15.5. The van der Waals surface area contributed by atoms with E-state index in [1.807, 2.05) is 19.2 Å². The van der Waals surface area contributed by atoms with Gasteiger partial charge in [0.25, 0.3) is 0 Å². The molecule has 0 saturated heterocycles. The Hall–Kier alpha value is -2.99. The SMILES string of the molecule is CN1Cc2c(Cl)cc(Cl)cc2C(c2cccc(S(=O)(=O)NCCOCCc3cc(C(N)=O)ccc3C(N)=O)c2)C1. The molecule has 40 heavy (non-hydrogen) atoms. The summed E-state index contributed by atoms with van der Waals surface area (Å²) < 4.78 is 34.2. The lowest BCUT2D eigenvalue weighted by Gasteiger charge is -2.33. The first-order valence-electron chi connectivity index (χ1n) is 12.5. The molecule has 0 bridgehead atoms. The lowest BCUT2D eigenvalue weighted by Crippen LogP contribution is -2.31. The Morgan fingerprint density at radius 1 is 1.05 bits per heavy atom. The highest BCUT2D eigenvalue weighted by molar-refractivity contribution is 7.89. The number of amides is 2. The van der Waals surface area contributed by atoms with E-state index < -0.39 is 21.8 Å². The molecule has 0 aromatic heterocycles. The molecule has 1 atom stereocenters. The number of hydrogen-bond donors (Lipinski definition) is 3. The van der Waals surface area contributed by atoms with Crippen molar-refractivity contribution in [3.63, 3.8) is 0 Å². The zero-order valence-electron chi connectivity index (χ0n) is 21.8. The van der Waals surface area contributed by atoms with E-state index in [1.54, 1.807) is 24.3 Å². The number of halogens is 2. The molecule has 12 heteroatoms. The van der Waals surface area contributed by atoms with Crippen LogP contribution in [0.4, 0.5) is 0 Å². The van der Waals surface area contributed by atoms with Crippen LogP contribution in [0.25, 0.3) is 0 Å². The number of ether oxygens (including phenoxy) is 1. The van der Waals surface area contributed by atoms with Gasteiger partial charge in [-0.1, -0.05) is 35.3 Å². The van der Waals surface area contributed by atoms with E-state index in [0.29, 0.717) is 35.1 Å². The zero-order chi connectivity index (χ0) is 29.0. The minimum absolute atomic E-state index is 0.0385. The Labute approximate surface area is 243 Å². The number of carbonyl (C=O) groups excluding carboxylic acids is 2. The third-order valence-corrected chi connectivity index (χ3v) is 8.79. The van der Waals surface area contributed by atoms with Crippen LogP contribution in [0.1, 0.15) is 48.9 Å². The fourth-order valence-electron chi connectivity index (χ4n) is 4.84. The minimum atomic E-state index is -3.81. The van der Waals surface area contributed by atoms with E-state index in [1.165, 1.54) is 18.2 Å². The van der Waals surface area contributed by atoms with Crippen LogP contribution < -0.4 is 16.2 Å². The molecule has 1 heterocycles. The second-order valence-corrected chi connectivity index (χ2v) is 12.2. The van der Waals surface area contributed by atoms with Gasteiger partial charge in [0.15, 0.2) is 0 Å². The number of likely N-dealkylation sites (N-methyl/N-ethyl adjacent to an activating group) is 1. The maximum Gasteiger partial charge on any atom is 0.248 e. The van der Waals surface area contributed by atoms with E-state index in [4.69, 9.17) is 39.4 Å². The average Bonchev–Trinajstić information content (AvgIpc) is 2.90. The minimum Gasteiger partial charge on any atom is -0.380 e. The number of rotatable bonds is 11. The molecule has 1 aliphatic heterocycles. The van der Waals surface area contributed by atoms with Gasteiger partial charge in [0.1, 0.15) is 0 Å². The topological polar surface area (TPSA) is 145 Å². The number of hydrogen-bond acceptors (Lipinski definition) is 6.